The number of aromatic carboxylic acids is 1. The summed E-state index contributed by atoms with van der Waals surface area (Å²) in [5.41, 5.74) is 6.56. The van der Waals surface area contributed by atoms with Crippen molar-refractivity contribution in [1.29, 1.82) is 0 Å². The molecular weight excluding hydrogens is 556 g/mol. The van der Waals surface area contributed by atoms with E-state index in [0.29, 0.717) is 43.9 Å². The Kier molecular flexibility index (Phi) is 7.42. The number of benzene rings is 2. The van der Waals surface area contributed by atoms with Crippen molar-refractivity contribution in [2.75, 3.05) is 26.3 Å². The lowest BCUT2D eigenvalue weighted by atomic mass is 9.81. The number of carboxylic acids is 1. The van der Waals surface area contributed by atoms with Crippen molar-refractivity contribution < 1.29 is 23.8 Å². The Morgan fingerprint density at radius 2 is 1.75 bits per heavy atom. The minimum atomic E-state index is -0.982. The van der Waals surface area contributed by atoms with E-state index in [-0.39, 0.29) is 18.0 Å². The van der Waals surface area contributed by atoms with Gasteiger partial charge in [0.05, 0.1) is 41.2 Å². The van der Waals surface area contributed by atoms with Crippen LogP contribution in [0.5, 0.6) is 0 Å². The molecule has 2 aliphatic rings. The Hall–Kier alpha value is -4.50. The number of amides is 1. The summed E-state index contributed by atoms with van der Waals surface area (Å²) in [4.78, 5) is 36.9. The molecule has 3 aromatic heterocycles. The molecule has 4 heterocycles. The number of hydrogen-bond donors (Lipinski definition) is 1. The van der Waals surface area contributed by atoms with E-state index in [0.717, 1.165) is 70.1 Å². The molecule has 9 nitrogen and oxygen atoms in total. The van der Waals surface area contributed by atoms with Crippen molar-refractivity contribution in [3.8, 4) is 22.7 Å². The van der Waals surface area contributed by atoms with Gasteiger partial charge in [0.15, 0.2) is 11.7 Å². The smallest absolute Gasteiger partial charge is 0.335 e. The molecule has 1 aliphatic heterocycles. The van der Waals surface area contributed by atoms with E-state index in [1.54, 1.807) is 12.1 Å². The highest BCUT2D eigenvalue weighted by molar-refractivity contribution is 6.00. The SMILES string of the molecule is Cc1nc(C)c(-c2ccc3cc(-c4c(C5CCCCC5)c5ccc(C(=O)O)cc5n4CC(=O)N4CCOCC4)ccc3n2)o1. The predicted molar refractivity (Wildman–Crippen MR) is 168 cm³/mol. The topological polar surface area (TPSA) is 111 Å². The van der Waals surface area contributed by atoms with Gasteiger partial charge in [0.1, 0.15) is 12.2 Å². The van der Waals surface area contributed by atoms with Crippen LogP contribution in [0.3, 0.4) is 0 Å². The quantitative estimate of drug-likeness (QED) is 0.233. The molecular formula is C35H36N4O5. The lowest BCUT2D eigenvalue weighted by molar-refractivity contribution is -0.135. The second-order valence-electron chi connectivity index (χ2n) is 12.0. The molecule has 9 heteroatoms. The summed E-state index contributed by atoms with van der Waals surface area (Å²) >= 11 is 0. The highest BCUT2D eigenvalue weighted by Crippen LogP contribution is 2.45. The van der Waals surface area contributed by atoms with E-state index >= 15 is 0 Å². The fourth-order valence-electron chi connectivity index (χ4n) is 7.01. The summed E-state index contributed by atoms with van der Waals surface area (Å²) < 4.78 is 13.4. The number of carbonyl (C=O) groups excluding carboxylic acids is 1. The number of aromatic nitrogens is 3. The first-order valence-corrected chi connectivity index (χ1v) is 15.5. The van der Waals surface area contributed by atoms with Crippen molar-refractivity contribution in [1.82, 2.24) is 19.4 Å². The van der Waals surface area contributed by atoms with Gasteiger partial charge in [-0.2, -0.15) is 0 Å². The van der Waals surface area contributed by atoms with Gasteiger partial charge >= 0.3 is 5.97 Å². The van der Waals surface area contributed by atoms with E-state index in [4.69, 9.17) is 14.1 Å². The molecule has 1 amide bonds. The first-order valence-electron chi connectivity index (χ1n) is 15.5. The molecule has 5 aromatic rings. The Bertz CT molecular complexity index is 1890. The first-order chi connectivity index (χ1) is 21.4. The van der Waals surface area contributed by atoms with Crippen LogP contribution in [0.25, 0.3) is 44.5 Å². The number of aryl methyl sites for hydroxylation is 2. The fraction of sp³-hybridized carbons (Fsp3) is 0.371. The molecule has 0 unspecified atom stereocenters. The third kappa shape index (κ3) is 5.15. The van der Waals surface area contributed by atoms with E-state index < -0.39 is 5.97 Å². The van der Waals surface area contributed by atoms with Gasteiger partial charge in [-0.15, -0.1) is 0 Å². The number of hydrogen-bond acceptors (Lipinski definition) is 6. The zero-order chi connectivity index (χ0) is 30.4. The molecule has 226 valence electrons. The van der Waals surface area contributed by atoms with Crippen molar-refractivity contribution in [3.63, 3.8) is 0 Å². The molecule has 44 heavy (non-hydrogen) atoms. The molecule has 1 saturated heterocycles. The normalized spacial score (nSPS) is 16.2. The molecule has 1 aliphatic carbocycles. The number of oxazole rings is 1. The number of morpholine rings is 1. The monoisotopic (exact) mass is 592 g/mol. The van der Waals surface area contributed by atoms with Gasteiger partial charge in [-0.25, -0.2) is 14.8 Å². The minimum Gasteiger partial charge on any atom is -0.478 e. The Balaban J connectivity index is 1.41. The van der Waals surface area contributed by atoms with E-state index in [1.807, 2.05) is 43.0 Å². The summed E-state index contributed by atoms with van der Waals surface area (Å²) in [5.74, 6) is 0.627. The van der Waals surface area contributed by atoms with E-state index in [2.05, 4.69) is 21.7 Å². The summed E-state index contributed by atoms with van der Waals surface area (Å²) in [5, 5.41) is 11.9. The van der Waals surface area contributed by atoms with Crippen LogP contribution in [0.2, 0.25) is 0 Å². The zero-order valence-corrected chi connectivity index (χ0v) is 25.1. The van der Waals surface area contributed by atoms with Gasteiger partial charge in [0, 0.05) is 30.8 Å². The summed E-state index contributed by atoms with van der Waals surface area (Å²) in [6, 6.07) is 15.6. The number of rotatable bonds is 6. The van der Waals surface area contributed by atoms with E-state index in [1.165, 1.54) is 12.0 Å². The van der Waals surface area contributed by atoms with Gasteiger partial charge in [-0.3, -0.25) is 4.79 Å². The molecule has 2 aromatic carbocycles. The summed E-state index contributed by atoms with van der Waals surface area (Å²) in [7, 11) is 0. The molecule has 0 spiro atoms. The van der Waals surface area contributed by atoms with Gasteiger partial charge in [-0.05, 0) is 67.1 Å². The van der Waals surface area contributed by atoms with Crippen LogP contribution in [0.4, 0.5) is 0 Å². The molecule has 0 atom stereocenters. The van der Waals surface area contributed by atoms with Crippen molar-refractivity contribution >= 4 is 33.7 Å². The van der Waals surface area contributed by atoms with Gasteiger partial charge in [-0.1, -0.05) is 37.5 Å². The summed E-state index contributed by atoms with van der Waals surface area (Å²) in [6.45, 7) is 6.02. The average molecular weight is 593 g/mol. The molecule has 2 fully saturated rings. The molecule has 7 rings (SSSR count). The van der Waals surface area contributed by atoms with Crippen LogP contribution in [0.1, 0.15) is 65.5 Å². The van der Waals surface area contributed by atoms with Crippen LogP contribution < -0.4 is 0 Å². The maximum Gasteiger partial charge on any atom is 0.335 e. The lowest BCUT2D eigenvalue weighted by Gasteiger charge is -2.28. The lowest BCUT2D eigenvalue weighted by Crippen LogP contribution is -2.42. The molecule has 1 saturated carbocycles. The average Bonchev–Trinajstić information content (AvgIpc) is 3.56. The number of ether oxygens (including phenoxy) is 1. The second kappa shape index (κ2) is 11.5. The first kappa shape index (κ1) is 28.3. The van der Waals surface area contributed by atoms with Crippen molar-refractivity contribution in [3.05, 3.63) is 71.2 Å². The largest absolute Gasteiger partial charge is 0.478 e. The molecule has 1 N–H and O–H groups in total. The van der Waals surface area contributed by atoms with Crippen LogP contribution in [-0.2, 0) is 16.1 Å². The maximum absolute atomic E-state index is 13.7. The Labute approximate surface area is 255 Å². The number of carbonyl (C=O) groups is 2. The number of pyridine rings is 1. The second-order valence-corrected chi connectivity index (χ2v) is 12.0. The number of nitrogens with zero attached hydrogens (tertiary/aromatic N) is 4. The van der Waals surface area contributed by atoms with Crippen molar-refractivity contribution in [2.24, 2.45) is 0 Å². The Morgan fingerprint density at radius 1 is 0.955 bits per heavy atom. The van der Waals surface area contributed by atoms with Gasteiger partial charge in [0.25, 0.3) is 0 Å². The van der Waals surface area contributed by atoms with Crippen LogP contribution in [0.15, 0.2) is 52.9 Å². The third-order valence-corrected chi connectivity index (χ3v) is 9.12. The van der Waals surface area contributed by atoms with E-state index in [9.17, 15) is 14.7 Å². The summed E-state index contributed by atoms with van der Waals surface area (Å²) in [6.07, 6.45) is 5.66. The van der Waals surface area contributed by atoms with Gasteiger partial charge < -0.3 is 23.7 Å². The van der Waals surface area contributed by atoms with Crippen LogP contribution in [-0.4, -0.2) is 62.7 Å². The maximum atomic E-state index is 13.7. The fourth-order valence-corrected chi connectivity index (χ4v) is 7.01. The standard InChI is InChI=1S/C35H36N4O5/c1-21-34(44-22(2)36-21)29-13-9-24-18-25(10-12-28(24)37-29)33-32(23-6-4-3-5-7-23)27-11-8-26(35(41)42)19-30(27)39(33)20-31(40)38-14-16-43-17-15-38/h8-13,18-19,23H,3-7,14-17,20H2,1-2H3,(H,41,42). The van der Waals surface area contributed by atoms with Gasteiger partial charge in [0.2, 0.25) is 5.91 Å². The molecule has 0 radical (unpaired) electrons. The zero-order valence-electron chi connectivity index (χ0n) is 25.1. The Morgan fingerprint density at radius 3 is 2.48 bits per heavy atom. The highest BCUT2D eigenvalue weighted by atomic mass is 16.5. The van der Waals surface area contributed by atoms with Crippen LogP contribution in [0, 0.1) is 13.8 Å². The highest BCUT2D eigenvalue weighted by Gasteiger charge is 2.29. The number of fused-ring (bicyclic) bond motifs is 2. The minimum absolute atomic E-state index is 0.00666. The predicted octanol–water partition coefficient (Wildman–Crippen LogP) is 6.73. The van der Waals surface area contributed by atoms with Crippen LogP contribution >= 0.6 is 0 Å². The molecule has 0 bridgehead atoms. The van der Waals surface area contributed by atoms with Crippen molar-refractivity contribution in [2.45, 2.75) is 58.4 Å². The number of carboxylic acid groups (broad SMARTS) is 1. The third-order valence-electron chi connectivity index (χ3n) is 9.12.